The van der Waals surface area contributed by atoms with Gasteiger partial charge in [0.2, 0.25) is 5.43 Å². The standard InChI is InChI=1S/C19H23N5O4.ClH/c1-12-10-17(25)18(19(26)21-14-7-3-2-6-13(14)11-20)22-23(12)15-8-4-5-9-16(15)24(27)28;/h4-5,8-10,13-14H,2-3,6-7,11,20H2,1H3,(H,21,26);1H. The molecule has 3 N–H and O–H groups in total. The number of carbonyl (C=O) groups excluding carboxylic acids is 1. The van der Waals surface area contributed by atoms with Crippen molar-refractivity contribution in [2.24, 2.45) is 11.7 Å². The summed E-state index contributed by atoms with van der Waals surface area (Å²) >= 11 is 0. The van der Waals surface area contributed by atoms with E-state index in [9.17, 15) is 19.7 Å². The number of aryl methyl sites for hydroxylation is 1. The van der Waals surface area contributed by atoms with Crippen LogP contribution in [-0.2, 0) is 0 Å². The van der Waals surface area contributed by atoms with Gasteiger partial charge in [-0.15, -0.1) is 12.4 Å². The van der Waals surface area contributed by atoms with E-state index in [1.807, 2.05) is 0 Å². The number of halogens is 1. The molecule has 9 nitrogen and oxygen atoms in total. The van der Waals surface area contributed by atoms with Crippen LogP contribution in [0.1, 0.15) is 41.9 Å². The molecule has 1 aliphatic rings. The maximum atomic E-state index is 12.7. The average Bonchev–Trinajstić information content (AvgIpc) is 2.68. The van der Waals surface area contributed by atoms with Crippen LogP contribution in [0.15, 0.2) is 35.1 Å². The number of hydrogen-bond acceptors (Lipinski definition) is 6. The van der Waals surface area contributed by atoms with Crippen LogP contribution in [0.5, 0.6) is 0 Å². The van der Waals surface area contributed by atoms with E-state index in [4.69, 9.17) is 5.73 Å². The van der Waals surface area contributed by atoms with Gasteiger partial charge in [-0.25, -0.2) is 4.68 Å². The Morgan fingerprint density at radius 2 is 2.03 bits per heavy atom. The van der Waals surface area contributed by atoms with Crippen molar-refractivity contribution in [3.63, 3.8) is 0 Å². The molecule has 1 heterocycles. The molecule has 0 radical (unpaired) electrons. The van der Waals surface area contributed by atoms with E-state index in [1.165, 1.54) is 22.9 Å². The number of benzene rings is 1. The highest BCUT2D eigenvalue weighted by Gasteiger charge is 2.27. The molecule has 0 aliphatic heterocycles. The van der Waals surface area contributed by atoms with Gasteiger partial charge < -0.3 is 11.1 Å². The molecule has 2 atom stereocenters. The summed E-state index contributed by atoms with van der Waals surface area (Å²) in [4.78, 5) is 35.9. The molecule has 1 amide bonds. The summed E-state index contributed by atoms with van der Waals surface area (Å²) in [6, 6.07) is 7.21. The molecule has 1 aromatic carbocycles. The van der Waals surface area contributed by atoms with Gasteiger partial charge in [0.05, 0.1) is 4.92 Å². The first-order valence-electron chi connectivity index (χ1n) is 9.28. The Balaban J connectivity index is 0.00000300. The summed E-state index contributed by atoms with van der Waals surface area (Å²) in [6.45, 7) is 2.07. The quantitative estimate of drug-likeness (QED) is 0.561. The topological polar surface area (TPSA) is 133 Å². The van der Waals surface area contributed by atoms with Gasteiger partial charge in [0.25, 0.3) is 11.6 Å². The second kappa shape index (κ2) is 9.62. The molecule has 1 fully saturated rings. The van der Waals surface area contributed by atoms with Crippen molar-refractivity contribution in [1.82, 2.24) is 15.1 Å². The van der Waals surface area contributed by atoms with Crippen LogP contribution in [0.3, 0.4) is 0 Å². The Morgan fingerprint density at radius 3 is 2.72 bits per heavy atom. The molecule has 2 aromatic rings. The lowest BCUT2D eigenvalue weighted by molar-refractivity contribution is -0.384. The minimum absolute atomic E-state index is 0. The number of hydrogen-bond donors (Lipinski definition) is 2. The van der Waals surface area contributed by atoms with Crippen LogP contribution in [0.2, 0.25) is 0 Å². The monoisotopic (exact) mass is 421 g/mol. The predicted octanol–water partition coefficient (Wildman–Crippen LogP) is 2.12. The number of nitrogens with two attached hydrogens (primary N) is 1. The first-order valence-corrected chi connectivity index (χ1v) is 9.28. The van der Waals surface area contributed by atoms with Gasteiger partial charge >= 0.3 is 0 Å². The molecular formula is C19H24ClN5O4. The summed E-state index contributed by atoms with van der Waals surface area (Å²) in [5, 5.41) is 18.4. The minimum atomic E-state index is -0.581. The highest BCUT2D eigenvalue weighted by molar-refractivity contribution is 5.92. The lowest BCUT2D eigenvalue weighted by Gasteiger charge is -2.31. The smallest absolute Gasteiger partial charge is 0.294 e. The first kappa shape index (κ1) is 22.5. The van der Waals surface area contributed by atoms with Gasteiger partial charge in [-0.05, 0) is 38.3 Å². The summed E-state index contributed by atoms with van der Waals surface area (Å²) in [6.07, 6.45) is 3.80. The van der Waals surface area contributed by atoms with Crippen molar-refractivity contribution < 1.29 is 9.72 Å². The number of aromatic nitrogens is 2. The Hall–Kier alpha value is -2.78. The number of carbonyl (C=O) groups is 1. The largest absolute Gasteiger partial charge is 0.347 e. The molecule has 0 bridgehead atoms. The summed E-state index contributed by atoms with van der Waals surface area (Å²) in [5.41, 5.74) is 5.42. The zero-order valence-corrected chi connectivity index (χ0v) is 16.9. The first-order chi connectivity index (χ1) is 13.4. The molecule has 156 valence electrons. The zero-order chi connectivity index (χ0) is 20.3. The molecule has 1 aromatic heterocycles. The van der Waals surface area contributed by atoms with E-state index < -0.39 is 16.3 Å². The van der Waals surface area contributed by atoms with E-state index in [2.05, 4.69) is 10.4 Å². The molecule has 29 heavy (non-hydrogen) atoms. The molecule has 0 saturated heterocycles. The van der Waals surface area contributed by atoms with Crippen LogP contribution in [-0.4, -0.2) is 33.2 Å². The van der Waals surface area contributed by atoms with E-state index in [0.717, 1.165) is 25.7 Å². The second-order valence-electron chi connectivity index (χ2n) is 7.02. The van der Waals surface area contributed by atoms with Gasteiger partial charge in [0.15, 0.2) is 5.69 Å². The van der Waals surface area contributed by atoms with E-state index in [1.54, 1.807) is 19.1 Å². The number of nitrogens with one attached hydrogen (secondary N) is 1. The van der Waals surface area contributed by atoms with Crippen LogP contribution in [0, 0.1) is 23.0 Å². The van der Waals surface area contributed by atoms with Crippen LogP contribution >= 0.6 is 12.4 Å². The molecule has 1 aliphatic carbocycles. The van der Waals surface area contributed by atoms with Gasteiger partial charge in [0.1, 0.15) is 5.69 Å². The summed E-state index contributed by atoms with van der Waals surface area (Å²) < 4.78 is 1.26. The predicted molar refractivity (Wildman–Crippen MR) is 111 cm³/mol. The van der Waals surface area contributed by atoms with Crippen LogP contribution in [0.4, 0.5) is 5.69 Å². The fourth-order valence-electron chi connectivity index (χ4n) is 3.66. The van der Waals surface area contributed by atoms with Gasteiger partial charge in [0, 0.05) is 23.9 Å². The summed E-state index contributed by atoms with van der Waals surface area (Å²) in [5.74, 6) is -0.414. The number of nitro groups is 1. The minimum Gasteiger partial charge on any atom is -0.347 e. The van der Waals surface area contributed by atoms with Gasteiger partial charge in [-0.1, -0.05) is 25.0 Å². The normalized spacial score (nSPS) is 18.6. The van der Waals surface area contributed by atoms with Crippen molar-refractivity contribution in [3.05, 3.63) is 62.1 Å². The third-order valence-corrected chi connectivity index (χ3v) is 5.16. The third kappa shape index (κ3) is 4.80. The highest BCUT2D eigenvalue weighted by atomic mass is 35.5. The Bertz CT molecular complexity index is 962. The lowest BCUT2D eigenvalue weighted by atomic mass is 9.84. The Kier molecular flexibility index (Phi) is 7.46. The number of para-hydroxylation sites is 2. The molecule has 2 unspecified atom stereocenters. The lowest BCUT2D eigenvalue weighted by Crippen LogP contribution is -2.46. The molecule has 10 heteroatoms. The average molecular weight is 422 g/mol. The van der Waals surface area contributed by atoms with E-state index in [-0.39, 0.29) is 41.4 Å². The summed E-state index contributed by atoms with van der Waals surface area (Å²) in [7, 11) is 0. The van der Waals surface area contributed by atoms with Crippen molar-refractivity contribution in [2.45, 2.75) is 38.6 Å². The zero-order valence-electron chi connectivity index (χ0n) is 16.0. The number of nitro benzene ring substituents is 1. The SMILES string of the molecule is Cc1cc(=O)c(C(=O)NC2CCCCC2CN)nn1-c1ccccc1[N+](=O)[O-].Cl. The van der Waals surface area contributed by atoms with Crippen molar-refractivity contribution in [1.29, 1.82) is 0 Å². The van der Waals surface area contributed by atoms with Crippen LogP contribution in [0.25, 0.3) is 5.69 Å². The van der Waals surface area contributed by atoms with Crippen molar-refractivity contribution in [2.75, 3.05) is 6.54 Å². The number of rotatable bonds is 5. The number of nitrogens with zero attached hydrogens (tertiary/aromatic N) is 3. The molecule has 0 spiro atoms. The number of amides is 1. The van der Waals surface area contributed by atoms with E-state index in [0.29, 0.717) is 12.2 Å². The van der Waals surface area contributed by atoms with Crippen LogP contribution < -0.4 is 16.5 Å². The molecule has 3 rings (SSSR count). The second-order valence-corrected chi connectivity index (χ2v) is 7.02. The molecular weight excluding hydrogens is 398 g/mol. The Labute approximate surface area is 173 Å². The van der Waals surface area contributed by atoms with Gasteiger partial charge in [-0.3, -0.25) is 19.7 Å². The van der Waals surface area contributed by atoms with Crippen molar-refractivity contribution >= 4 is 24.0 Å². The highest BCUT2D eigenvalue weighted by Crippen LogP contribution is 2.24. The van der Waals surface area contributed by atoms with Gasteiger partial charge in [-0.2, -0.15) is 5.10 Å². The van der Waals surface area contributed by atoms with E-state index >= 15 is 0 Å². The molecule has 1 saturated carbocycles. The maximum absolute atomic E-state index is 12.7. The fourth-order valence-corrected chi connectivity index (χ4v) is 3.66. The maximum Gasteiger partial charge on any atom is 0.294 e. The fraction of sp³-hybridized carbons (Fsp3) is 0.421. The Morgan fingerprint density at radius 1 is 1.34 bits per heavy atom. The van der Waals surface area contributed by atoms with Crippen molar-refractivity contribution in [3.8, 4) is 5.69 Å². The third-order valence-electron chi connectivity index (χ3n) is 5.16.